The van der Waals surface area contributed by atoms with Crippen molar-refractivity contribution in [3.05, 3.63) is 70.9 Å². The Kier molecular flexibility index (Phi) is 5.37. The minimum absolute atomic E-state index is 0.0437. The molecule has 2 aromatic rings. The molecular weight excluding hydrogens is 392 g/mol. The molecule has 2 heterocycles. The van der Waals surface area contributed by atoms with Crippen LogP contribution in [-0.2, 0) is 9.63 Å². The Hall–Kier alpha value is -3.10. The van der Waals surface area contributed by atoms with Crippen LogP contribution in [0.1, 0.15) is 21.5 Å². The number of hydrogen-bond donors (Lipinski definition) is 0. The van der Waals surface area contributed by atoms with Crippen molar-refractivity contribution >= 4 is 34.1 Å². The Labute approximate surface area is 171 Å². The molecule has 29 heavy (non-hydrogen) atoms. The van der Waals surface area contributed by atoms with Gasteiger partial charge in [-0.25, -0.2) is 0 Å². The number of rotatable bonds is 5. The van der Waals surface area contributed by atoms with Gasteiger partial charge in [-0.15, -0.1) is 0 Å². The van der Waals surface area contributed by atoms with Gasteiger partial charge in [-0.1, -0.05) is 36.4 Å². The number of hydroxylamine groups is 2. The number of ether oxygens (including phenoxy) is 1. The average Bonchev–Trinajstić information content (AvgIpc) is 2.97. The molecule has 0 aliphatic carbocycles. The third-order valence-corrected chi connectivity index (χ3v) is 5.22. The van der Waals surface area contributed by atoms with Crippen LogP contribution in [0.3, 0.4) is 0 Å². The van der Waals surface area contributed by atoms with E-state index in [9.17, 15) is 14.4 Å². The Bertz CT molecular complexity index is 1010. The Balaban J connectivity index is 1.41. The van der Waals surface area contributed by atoms with Gasteiger partial charge in [0.15, 0.2) is 6.73 Å². The van der Waals surface area contributed by atoms with Crippen molar-refractivity contribution in [2.75, 3.05) is 19.9 Å². The third-order valence-electron chi connectivity index (χ3n) is 4.49. The van der Waals surface area contributed by atoms with Gasteiger partial charge in [0.05, 0.1) is 18.7 Å². The van der Waals surface area contributed by atoms with Gasteiger partial charge in [-0.2, -0.15) is 5.06 Å². The lowest BCUT2D eigenvalue weighted by atomic mass is 10.1. The number of benzene rings is 2. The second-order valence-corrected chi connectivity index (χ2v) is 7.49. The van der Waals surface area contributed by atoms with E-state index in [1.165, 1.54) is 4.90 Å². The van der Waals surface area contributed by atoms with E-state index in [4.69, 9.17) is 9.57 Å². The van der Waals surface area contributed by atoms with Crippen LogP contribution >= 0.6 is 11.8 Å². The van der Waals surface area contributed by atoms with E-state index in [-0.39, 0.29) is 36.6 Å². The predicted molar refractivity (Wildman–Crippen MR) is 108 cm³/mol. The van der Waals surface area contributed by atoms with Gasteiger partial charge in [0.25, 0.3) is 5.91 Å². The zero-order chi connectivity index (χ0) is 20.4. The van der Waals surface area contributed by atoms with Gasteiger partial charge in [0, 0.05) is 11.8 Å². The maximum Gasteiger partial charge on any atom is 0.318 e. The fraction of sp³-hybridized carbons (Fsp3) is 0.190. The largest absolute Gasteiger partial charge is 0.472 e. The second-order valence-electron chi connectivity index (χ2n) is 6.56. The highest BCUT2D eigenvalue weighted by atomic mass is 32.2. The van der Waals surface area contributed by atoms with Crippen LogP contribution in [0.4, 0.5) is 4.79 Å². The summed E-state index contributed by atoms with van der Waals surface area (Å²) in [5.41, 5.74) is 2.45. The van der Waals surface area contributed by atoms with Crippen LogP contribution in [0.5, 0.6) is 5.75 Å². The number of carbonyl (C=O) groups is 3. The number of amides is 2. The summed E-state index contributed by atoms with van der Waals surface area (Å²) in [4.78, 5) is 43.9. The number of thioether (sulfide) groups is 1. The third kappa shape index (κ3) is 4.03. The van der Waals surface area contributed by atoms with Crippen LogP contribution in [-0.4, -0.2) is 46.1 Å². The summed E-state index contributed by atoms with van der Waals surface area (Å²) in [6, 6.07) is 14.6. The Morgan fingerprint density at radius 3 is 2.72 bits per heavy atom. The summed E-state index contributed by atoms with van der Waals surface area (Å²) in [6.45, 7) is 2.30. The first-order chi connectivity index (χ1) is 14.0. The fourth-order valence-electron chi connectivity index (χ4n) is 3.01. The Morgan fingerprint density at radius 1 is 1.14 bits per heavy atom. The molecule has 7 nitrogen and oxygen atoms in total. The van der Waals surface area contributed by atoms with Gasteiger partial charge < -0.3 is 9.64 Å². The number of fused-ring (bicyclic) bond motifs is 1. The first-order valence-corrected chi connectivity index (χ1v) is 9.83. The standard InChI is InChI=1S/C21H18N2O5S/c1-14-7-8-16-18(11-14)27-13-22(19(16)24)9-10-28-23-17(20(25)29-21(23)26)12-15-5-3-2-4-6-15/h2-8,11-12H,9-10,13H2,1H3. The average molecular weight is 410 g/mol. The molecule has 2 aliphatic rings. The smallest absolute Gasteiger partial charge is 0.318 e. The van der Waals surface area contributed by atoms with E-state index in [0.29, 0.717) is 23.1 Å². The van der Waals surface area contributed by atoms with Crippen LogP contribution in [0.15, 0.2) is 54.2 Å². The number of hydrogen-bond acceptors (Lipinski definition) is 6. The van der Waals surface area contributed by atoms with E-state index in [1.54, 1.807) is 12.1 Å². The first-order valence-electron chi connectivity index (χ1n) is 9.01. The summed E-state index contributed by atoms with van der Waals surface area (Å²) >= 11 is 0.584. The molecule has 1 saturated heterocycles. The summed E-state index contributed by atoms with van der Waals surface area (Å²) in [5, 5.41) is 0.117. The minimum Gasteiger partial charge on any atom is -0.472 e. The van der Waals surface area contributed by atoms with Crippen LogP contribution < -0.4 is 4.74 Å². The summed E-state index contributed by atoms with van der Waals surface area (Å²) in [6.07, 6.45) is 1.61. The molecule has 2 aromatic carbocycles. The van der Waals surface area contributed by atoms with Gasteiger partial charge in [0.2, 0.25) is 5.12 Å². The molecule has 0 bridgehead atoms. The lowest BCUT2D eigenvalue weighted by molar-refractivity contribution is -0.118. The van der Waals surface area contributed by atoms with E-state index >= 15 is 0 Å². The van der Waals surface area contributed by atoms with Gasteiger partial charge in [-0.05, 0) is 36.3 Å². The van der Waals surface area contributed by atoms with Crippen molar-refractivity contribution in [3.63, 3.8) is 0 Å². The van der Waals surface area contributed by atoms with Crippen LogP contribution in [0, 0.1) is 6.92 Å². The van der Waals surface area contributed by atoms with Gasteiger partial charge in [0.1, 0.15) is 11.4 Å². The molecule has 4 rings (SSSR count). The number of carbonyl (C=O) groups excluding carboxylic acids is 3. The molecule has 0 unspecified atom stereocenters. The quantitative estimate of drug-likeness (QED) is 0.703. The monoisotopic (exact) mass is 410 g/mol. The zero-order valence-corrected chi connectivity index (χ0v) is 16.5. The topological polar surface area (TPSA) is 76.2 Å². The molecular formula is C21H18N2O5S. The molecule has 0 radical (unpaired) electrons. The van der Waals surface area contributed by atoms with Crippen molar-refractivity contribution in [3.8, 4) is 5.75 Å². The van der Waals surface area contributed by atoms with E-state index in [1.807, 2.05) is 49.4 Å². The molecule has 0 N–H and O–H groups in total. The highest BCUT2D eigenvalue weighted by Gasteiger charge is 2.36. The highest BCUT2D eigenvalue weighted by Crippen LogP contribution is 2.31. The minimum atomic E-state index is -0.501. The summed E-state index contributed by atoms with van der Waals surface area (Å²) < 4.78 is 5.65. The first kappa shape index (κ1) is 19.2. The van der Waals surface area contributed by atoms with E-state index in [2.05, 4.69) is 0 Å². The lowest BCUT2D eigenvalue weighted by Crippen LogP contribution is -2.41. The van der Waals surface area contributed by atoms with Crippen molar-refractivity contribution in [1.82, 2.24) is 9.96 Å². The molecule has 0 spiro atoms. The molecule has 2 amide bonds. The molecule has 0 atom stereocenters. The zero-order valence-electron chi connectivity index (χ0n) is 15.7. The van der Waals surface area contributed by atoms with Crippen LogP contribution in [0.25, 0.3) is 6.08 Å². The van der Waals surface area contributed by atoms with Crippen molar-refractivity contribution in [2.24, 2.45) is 0 Å². The normalized spacial score (nSPS) is 17.7. The highest BCUT2D eigenvalue weighted by molar-refractivity contribution is 8.27. The van der Waals surface area contributed by atoms with Gasteiger partial charge >= 0.3 is 5.24 Å². The van der Waals surface area contributed by atoms with E-state index in [0.717, 1.165) is 16.2 Å². The van der Waals surface area contributed by atoms with E-state index < -0.39 is 5.24 Å². The fourth-order valence-corrected chi connectivity index (χ4v) is 3.65. The maximum atomic E-state index is 12.6. The molecule has 148 valence electrons. The summed E-state index contributed by atoms with van der Waals surface area (Å²) in [7, 11) is 0. The predicted octanol–water partition coefficient (Wildman–Crippen LogP) is 3.46. The van der Waals surface area contributed by atoms with Crippen molar-refractivity contribution < 1.29 is 24.0 Å². The lowest BCUT2D eigenvalue weighted by Gasteiger charge is -2.29. The Morgan fingerprint density at radius 2 is 1.93 bits per heavy atom. The number of nitrogens with zero attached hydrogens (tertiary/aromatic N) is 2. The van der Waals surface area contributed by atoms with Crippen LogP contribution in [0.2, 0.25) is 0 Å². The molecule has 2 aliphatic heterocycles. The summed E-state index contributed by atoms with van der Waals surface area (Å²) in [5.74, 6) is 0.407. The van der Waals surface area contributed by atoms with Gasteiger partial charge in [-0.3, -0.25) is 19.2 Å². The number of aryl methyl sites for hydroxylation is 1. The molecule has 0 aromatic heterocycles. The second kappa shape index (κ2) is 8.10. The molecule has 1 fully saturated rings. The molecule has 0 saturated carbocycles. The molecule has 8 heteroatoms. The maximum absolute atomic E-state index is 12.6. The van der Waals surface area contributed by atoms with Crippen molar-refractivity contribution in [1.29, 1.82) is 0 Å². The SMILES string of the molecule is Cc1ccc2c(c1)OCN(CCON1C(=O)SC(=O)C1=Cc1ccccc1)C2=O. The van der Waals surface area contributed by atoms with Crippen molar-refractivity contribution in [2.45, 2.75) is 6.92 Å².